The number of rotatable bonds is 3. The summed E-state index contributed by atoms with van der Waals surface area (Å²) in [5, 5.41) is 5.96. The van der Waals surface area contributed by atoms with Crippen LogP contribution in [0.5, 0.6) is 0 Å². The molecule has 0 spiro atoms. The van der Waals surface area contributed by atoms with Gasteiger partial charge < -0.3 is 15.1 Å². The molecule has 2 aromatic rings. The van der Waals surface area contributed by atoms with Gasteiger partial charge in [0.05, 0.1) is 10.7 Å². The molecule has 0 aliphatic rings. The van der Waals surface area contributed by atoms with Gasteiger partial charge in [0, 0.05) is 12.1 Å². The number of hydrogen-bond donors (Lipinski definition) is 2. The topological polar surface area (TPSA) is 54.3 Å². The van der Waals surface area contributed by atoms with Crippen LogP contribution < -0.4 is 10.6 Å². The molecule has 0 aliphatic heterocycles. The van der Waals surface area contributed by atoms with E-state index in [2.05, 4.69) is 10.6 Å². The van der Waals surface area contributed by atoms with E-state index >= 15 is 0 Å². The summed E-state index contributed by atoms with van der Waals surface area (Å²) in [5.41, 5.74) is 1.55. The second-order valence-corrected chi connectivity index (χ2v) is 4.63. The second kappa shape index (κ2) is 5.80. The summed E-state index contributed by atoms with van der Waals surface area (Å²) in [5.74, 6) is 1.65. The minimum absolute atomic E-state index is 0.300. The maximum atomic E-state index is 11.7. The Bertz CT molecular complexity index is 593. The van der Waals surface area contributed by atoms with Crippen molar-refractivity contribution in [3.63, 3.8) is 0 Å². The van der Waals surface area contributed by atoms with E-state index < -0.39 is 0 Å². The first-order chi connectivity index (χ1) is 9.06. The predicted octanol–water partition coefficient (Wildman–Crippen LogP) is 3.87. The largest absolute Gasteiger partial charge is 0.466 e. The third kappa shape index (κ3) is 3.51. The molecule has 0 bridgehead atoms. The van der Waals surface area contributed by atoms with Gasteiger partial charge in [-0.25, -0.2) is 4.79 Å². The van der Waals surface area contributed by atoms with Crippen molar-refractivity contribution in [3.05, 3.63) is 52.4 Å². The van der Waals surface area contributed by atoms with Gasteiger partial charge >= 0.3 is 6.03 Å². The number of halogens is 1. The zero-order valence-corrected chi connectivity index (χ0v) is 11.5. The Morgan fingerprint density at radius 1 is 1.32 bits per heavy atom. The lowest BCUT2D eigenvalue weighted by Crippen LogP contribution is -2.28. The Hall–Kier alpha value is -1.94. The summed E-state index contributed by atoms with van der Waals surface area (Å²) in [6.45, 7) is 4.16. The maximum absolute atomic E-state index is 11.7. The van der Waals surface area contributed by atoms with Crippen LogP contribution in [0.4, 0.5) is 10.5 Å². The average molecular weight is 279 g/mol. The van der Waals surface area contributed by atoms with Crippen LogP contribution in [0.3, 0.4) is 0 Å². The third-order valence-corrected chi connectivity index (χ3v) is 3.03. The van der Waals surface area contributed by atoms with Crippen LogP contribution in [-0.2, 0) is 6.54 Å². The Morgan fingerprint density at radius 3 is 2.68 bits per heavy atom. The van der Waals surface area contributed by atoms with E-state index in [1.54, 1.807) is 12.1 Å². The number of urea groups is 1. The van der Waals surface area contributed by atoms with Crippen LogP contribution in [0.2, 0.25) is 5.02 Å². The molecule has 0 saturated carbocycles. The van der Waals surface area contributed by atoms with Crippen molar-refractivity contribution in [3.8, 4) is 0 Å². The van der Waals surface area contributed by atoms with Gasteiger partial charge in [-0.3, -0.25) is 0 Å². The van der Waals surface area contributed by atoms with E-state index in [1.165, 1.54) is 0 Å². The highest BCUT2D eigenvalue weighted by Crippen LogP contribution is 2.20. The SMILES string of the molecule is Cc1cc(CNC(=O)Nc2ccccc2Cl)c(C)o1. The van der Waals surface area contributed by atoms with Crippen LogP contribution in [-0.4, -0.2) is 6.03 Å². The smallest absolute Gasteiger partial charge is 0.319 e. The summed E-state index contributed by atoms with van der Waals surface area (Å²) in [6, 6.07) is 8.70. The highest BCUT2D eigenvalue weighted by molar-refractivity contribution is 6.33. The van der Waals surface area contributed by atoms with Crippen molar-refractivity contribution in [2.75, 3.05) is 5.32 Å². The summed E-state index contributed by atoms with van der Waals surface area (Å²) in [4.78, 5) is 11.7. The molecule has 0 unspecified atom stereocenters. The van der Waals surface area contributed by atoms with E-state index in [-0.39, 0.29) is 6.03 Å². The zero-order chi connectivity index (χ0) is 13.8. The molecule has 2 amide bonds. The van der Waals surface area contributed by atoms with Gasteiger partial charge in [0.25, 0.3) is 0 Å². The van der Waals surface area contributed by atoms with Gasteiger partial charge in [0.2, 0.25) is 0 Å². The first kappa shape index (κ1) is 13.5. The predicted molar refractivity (Wildman–Crippen MR) is 75.5 cm³/mol. The van der Waals surface area contributed by atoms with Crippen molar-refractivity contribution >= 4 is 23.3 Å². The summed E-state index contributed by atoms with van der Waals surface area (Å²) in [6.07, 6.45) is 0. The van der Waals surface area contributed by atoms with Gasteiger partial charge in [0.15, 0.2) is 0 Å². The lowest BCUT2D eigenvalue weighted by Gasteiger charge is -2.08. The van der Waals surface area contributed by atoms with Crippen LogP contribution in [0.1, 0.15) is 17.1 Å². The van der Waals surface area contributed by atoms with Crippen molar-refractivity contribution in [1.82, 2.24) is 5.32 Å². The molecular weight excluding hydrogens is 264 g/mol. The molecule has 2 N–H and O–H groups in total. The molecule has 0 atom stereocenters. The lowest BCUT2D eigenvalue weighted by atomic mass is 10.2. The van der Waals surface area contributed by atoms with Crippen LogP contribution in [0, 0.1) is 13.8 Å². The molecule has 4 nitrogen and oxygen atoms in total. The summed E-state index contributed by atoms with van der Waals surface area (Å²) in [7, 11) is 0. The number of para-hydroxylation sites is 1. The summed E-state index contributed by atoms with van der Waals surface area (Å²) < 4.78 is 5.39. The van der Waals surface area contributed by atoms with E-state index in [9.17, 15) is 4.79 Å². The van der Waals surface area contributed by atoms with Gasteiger partial charge in [0.1, 0.15) is 11.5 Å². The highest BCUT2D eigenvalue weighted by atomic mass is 35.5. The number of nitrogens with one attached hydrogen (secondary N) is 2. The summed E-state index contributed by atoms with van der Waals surface area (Å²) >= 11 is 5.96. The van der Waals surface area contributed by atoms with E-state index in [4.69, 9.17) is 16.0 Å². The molecule has 0 fully saturated rings. The highest BCUT2D eigenvalue weighted by Gasteiger charge is 2.08. The molecule has 1 aromatic heterocycles. The number of carbonyl (C=O) groups excluding carboxylic acids is 1. The minimum atomic E-state index is -0.300. The first-order valence-electron chi connectivity index (χ1n) is 5.91. The fourth-order valence-corrected chi connectivity index (χ4v) is 1.95. The number of benzene rings is 1. The van der Waals surface area contributed by atoms with Crippen LogP contribution in [0.15, 0.2) is 34.7 Å². The number of carbonyl (C=O) groups is 1. The fraction of sp³-hybridized carbons (Fsp3) is 0.214. The van der Waals surface area contributed by atoms with Gasteiger partial charge in [-0.1, -0.05) is 23.7 Å². The quantitative estimate of drug-likeness (QED) is 0.895. The fourth-order valence-electron chi connectivity index (χ4n) is 1.76. The van der Waals surface area contributed by atoms with E-state index in [0.29, 0.717) is 17.3 Å². The normalized spacial score (nSPS) is 10.3. The van der Waals surface area contributed by atoms with Crippen LogP contribution in [0.25, 0.3) is 0 Å². The molecule has 5 heteroatoms. The first-order valence-corrected chi connectivity index (χ1v) is 6.29. The number of furan rings is 1. The van der Waals surface area contributed by atoms with Crippen LogP contribution >= 0.6 is 11.6 Å². The Balaban J connectivity index is 1.92. The number of amides is 2. The Morgan fingerprint density at radius 2 is 2.05 bits per heavy atom. The number of anilines is 1. The molecule has 0 saturated heterocycles. The Labute approximate surface area is 116 Å². The molecule has 2 rings (SSSR count). The molecule has 1 heterocycles. The maximum Gasteiger partial charge on any atom is 0.319 e. The Kier molecular flexibility index (Phi) is 4.12. The second-order valence-electron chi connectivity index (χ2n) is 4.23. The van der Waals surface area contributed by atoms with Gasteiger partial charge in [-0.15, -0.1) is 0 Å². The standard InChI is InChI=1S/C14H15ClN2O2/c1-9-7-11(10(2)19-9)8-16-14(18)17-13-6-4-3-5-12(13)15/h3-7H,8H2,1-2H3,(H2,16,17,18). The van der Waals surface area contributed by atoms with E-state index in [1.807, 2.05) is 32.0 Å². The molecular formula is C14H15ClN2O2. The number of aryl methyl sites for hydroxylation is 2. The molecule has 0 radical (unpaired) electrons. The average Bonchev–Trinajstić information content (AvgIpc) is 2.68. The van der Waals surface area contributed by atoms with E-state index in [0.717, 1.165) is 17.1 Å². The molecule has 100 valence electrons. The van der Waals surface area contributed by atoms with Crippen molar-refractivity contribution in [2.24, 2.45) is 0 Å². The minimum Gasteiger partial charge on any atom is -0.466 e. The molecule has 19 heavy (non-hydrogen) atoms. The molecule has 0 aliphatic carbocycles. The zero-order valence-electron chi connectivity index (χ0n) is 10.8. The van der Waals surface area contributed by atoms with Crippen molar-refractivity contribution < 1.29 is 9.21 Å². The van der Waals surface area contributed by atoms with Gasteiger partial charge in [-0.05, 0) is 32.0 Å². The van der Waals surface area contributed by atoms with Crippen molar-refractivity contribution in [1.29, 1.82) is 0 Å². The monoisotopic (exact) mass is 278 g/mol. The van der Waals surface area contributed by atoms with Crippen molar-refractivity contribution in [2.45, 2.75) is 20.4 Å². The third-order valence-electron chi connectivity index (χ3n) is 2.71. The lowest BCUT2D eigenvalue weighted by molar-refractivity contribution is 0.251. The van der Waals surface area contributed by atoms with Gasteiger partial charge in [-0.2, -0.15) is 0 Å². The number of hydrogen-bond acceptors (Lipinski definition) is 2. The molecule has 1 aromatic carbocycles.